The van der Waals surface area contributed by atoms with Crippen molar-refractivity contribution in [2.45, 2.75) is 19.1 Å². The van der Waals surface area contributed by atoms with Crippen molar-refractivity contribution in [2.24, 2.45) is 0 Å². The number of rotatable bonds is 4. The van der Waals surface area contributed by atoms with E-state index in [0.29, 0.717) is 12.2 Å². The summed E-state index contributed by atoms with van der Waals surface area (Å²) in [6.45, 7) is 6.17. The number of hydrogen-bond donors (Lipinski definition) is 0. The monoisotopic (exact) mass is 279 g/mol. The van der Waals surface area contributed by atoms with Gasteiger partial charge in [-0.2, -0.15) is 0 Å². The van der Waals surface area contributed by atoms with E-state index in [1.54, 1.807) is 6.08 Å². The van der Waals surface area contributed by atoms with Crippen LogP contribution in [0.1, 0.15) is 28.4 Å². The van der Waals surface area contributed by atoms with Crippen molar-refractivity contribution in [3.05, 3.63) is 83.9 Å². The van der Waals surface area contributed by atoms with Gasteiger partial charge in [0.15, 0.2) is 0 Å². The topological polar surface area (TPSA) is 29.5 Å². The highest BCUT2D eigenvalue weighted by Crippen LogP contribution is 2.40. The molecule has 0 aliphatic carbocycles. The summed E-state index contributed by atoms with van der Waals surface area (Å²) in [5, 5.41) is 1.43. The molecule has 0 N–H and O–H groups in total. The normalized spacial score (nSPS) is 20.4. The van der Waals surface area contributed by atoms with Crippen LogP contribution in [0.2, 0.25) is 0 Å². The van der Waals surface area contributed by atoms with E-state index in [1.807, 2.05) is 61.5 Å². The van der Waals surface area contributed by atoms with Crippen LogP contribution in [0.15, 0.2) is 67.3 Å². The molecular weight excluding hydrogens is 262 g/mol. The molecule has 0 aromatic heterocycles. The van der Waals surface area contributed by atoms with E-state index in [-0.39, 0.29) is 5.91 Å². The molecule has 0 saturated heterocycles. The molecule has 0 radical (unpaired) electrons. The van der Waals surface area contributed by atoms with Gasteiger partial charge in [-0.25, -0.2) is 5.06 Å². The zero-order valence-electron chi connectivity index (χ0n) is 12.0. The van der Waals surface area contributed by atoms with Crippen LogP contribution in [0.3, 0.4) is 0 Å². The second-order valence-corrected chi connectivity index (χ2v) is 5.26. The van der Waals surface area contributed by atoms with Crippen molar-refractivity contribution in [1.82, 2.24) is 5.06 Å². The third-order valence-electron chi connectivity index (χ3n) is 3.91. The second-order valence-electron chi connectivity index (χ2n) is 5.26. The van der Waals surface area contributed by atoms with Crippen LogP contribution in [0.4, 0.5) is 0 Å². The number of benzene rings is 2. The Morgan fingerprint density at radius 1 is 1.14 bits per heavy atom. The lowest BCUT2D eigenvalue weighted by Crippen LogP contribution is -2.39. The highest BCUT2D eigenvalue weighted by atomic mass is 16.7. The van der Waals surface area contributed by atoms with Gasteiger partial charge >= 0.3 is 0 Å². The van der Waals surface area contributed by atoms with Gasteiger partial charge in [0.05, 0.1) is 0 Å². The predicted octanol–water partition coefficient (Wildman–Crippen LogP) is 3.68. The Labute approximate surface area is 124 Å². The zero-order chi connectivity index (χ0) is 14.9. The van der Waals surface area contributed by atoms with Crippen molar-refractivity contribution < 1.29 is 9.63 Å². The maximum atomic E-state index is 12.5. The van der Waals surface area contributed by atoms with Crippen molar-refractivity contribution in [3.63, 3.8) is 0 Å². The maximum Gasteiger partial charge on any atom is 0.278 e. The molecule has 0 unspecified atom stereocenters. The van der Waals surface area contributed by atoms with Gasteiger partial charge in [-0.1, -0.05) is 54.6 Å². The Kier molecular flexibility index (Phi) is 3.35. The molecule has 1 amide bonds. The van der Waals surface area contributed by atoms with Crippen LogP contribution in [0.25, 0.3) is 0 Å². The van der Waals surface area contributed by atoms with Gasteiger partial charge in [-0.3, -0.25) is 9.63 Å². The number of nitrogens with zero attached hydrogens (tertiary/aromatic N) is 1. The Hall–Kier alpha value is -2.39. The number of fused-ring (bicyclic) bond motifs is 1. The molecule has 0 saturated carbocycles. The molecule has 0 fully saturated rings. The van der Waals surface area contributed by atoms with Crippen LogP contribution >= 0.6 is 0 Å². The summed E-state index contributed by atoms with van der Waals surface area (Å²) in [7, 11) is 0. The molecule has 0 spiro atoms. The Morgan fingerprint density at radius 2 is 1.81 bits per heavy atom. The molecule has 1 atom stereocenters. The summed E-state index contributed by atoms with van der Waals surface area (Å²) >= 11 is 0. The third-order valence-corrected chi connectivity index (χ3v) is 3.91. The fourth-order valence-corrected chi connectivity index (χ4v) is 2.64. The molecule has 2 aromatic carbocycles. The van der Waals surface area contributed by atoms with E-state index >= 15 is 0 Å². The van der Waals surface area contributed by atoms with Gasteiger partial charge in [0.1, 0.15) is 12.1 Å². The van der Waals surface area contributed by atoms with Gasteiger partial charge in [-0.05, 0) is 24.1 Å². The smallest absolute Gasteiger partial charge is 0.267 e. The molecule has 3 nitrogen and oxygen atoms in total. The van der Waals surface area contributed by atoms with Gasteiger partial charge in [0.2, 0.25) is 0 Å². The first-order chi connectivity index (χ1) is 10.2. The van der Waals surface area contributed by atoms with Crippen LogP contribution < -0.4 is 0 Å². The first-order valence-electron chi connectivity index (χ1n) is 6.91. The van der Waals surface area contributed by atoms with Crippen LogP contribution in [-0.4, -0.2) is 11.0 Å². The molecule has 3 rings (SSSR count). The van der Waals surface area contributed by atoms with E-state index in [0.717, 1.165) is 11.1 Å². The van der Waals surface area contributed by atoms with Crippen molar-refractivity contribution >= 4 is 5.91 Å². The number of hydroxylamine groups is 2. The Morgan fingerprint density at radius 3 is 2.52 bits per heavy atom. The SMILES string of the molecule is C=C[C@@]1(C)c2ccccc2C(=O)N1OCc1ccccc1. The quantitative estimate of drug-likeness (QED) is 0.799. The minimum Gasteiger partial charge on any atom is -0.267 e. The second kappa shape index (κ2) is 5.19. The molecule has 1 heterocycles. The Bertz CT molecular complexity index is 681. The summed E-state index contributed by atoms with van der Waals surface area (Å²) in [6.07, 6.45) is 1.75. The van der Waals surface area contributed by atoms with E-state index in [1.165, 1.54) is 5.06 Å². The maximum absolute atomic E-state index is 12.5. The number of carbonyl (C=O) groups is 1. The van der Waals surface area contributed by atoms with Crippen LogP contribution in [-0.2, 0) is 17.0 Å². The molecule has 2 aromatic rings. The molecule has 1 aliphatic heterocycles. The van der Waals surface area contributed by atoms with Crippen LogP contribution in [0.5, 0.6) is 0 Å². The van der Waals surface area contributed by atoms with Gasteiger partial charge in [0.25, 0.3) is 5.91 Å². The standard InChI is InChI=1S/C18H17NO2/c1-3-18(2)16-12-8-7-11-15(16)17(20)19(18)21-13-14-9-5-4-6-10-14/h3-12H,1,13H2,2H3/t18-/m0/s1. The Balaban J connectivity index is 1.89. The first-order valence-corrected chi connectivity index (χ1v) is 6.91. The average molecular weight is 279 g/mol. The predicted molar refractivity (Wildman–Crippen MR) is 81.4 cm³/mol. The van der Waals surface area contributed by atoms with Gasteiger partial charge < -0.3 is 0 Å². The minimum atomic E-state index is -0.636. The number of amides is 1. The zero-order valence-corrected chi connectivity index (χ0v) is 12.0. The minimum absolute atomic E-state index is 0.121. The van der Waals surface area contributed by atoms with Gasteiger partial charge in [0, 0.05) is 5.56 Å². The summed E-state index contributed by atoms with van der Waals surface area (Å²) in [6, 6.07) is 17.4. The third kappa shape index (κ3) is 2.16. The van der Waals surface area contributed by atoms with E-state index in [2.05, 4.69) is 6.58 Å². The largest absolute Gasteiger partial charge is 0.278 e. The van der Waals surface area contributed by atoms with Crippen molar-refractivity contribution in [3.8, 4) is 0 Å². The summed E-state index contributed by atoms with van der Waals surface area (Å²) in [5.41, 5.74) is 1.99. The molecular formula is C18H17NO2. The summed E-state index contributed by atoms with van der Waals surface area (Å²) < 4.78 is 0. The van der Waals surface area contributed by atoms with E-state index < -0.39 is 5.54 Å². The lowest BCUT2D eigenvalue weighted by Gasteiger charge is -2.31. The summed E-state index contributed by atoms with van der Waals surface area (Å²) in [5.74, 6) is -0.121. The molecule has 3 heteroatoms. The van der Waals surface area contributed by atoms with Crippen molar-refractivity contribution in [2.75, 3.05) is 0 Å². The molecule has 1 aliphatic rings. The first kappa shape index (κ1) is 13.6. The fourth-order valence-electron chi connectivity index (χ4n) is 2.64. The molecule has 21 heavy (non-hydrogen) atoms. The lowest BCUT2D eigenvalue weighted by atomic mass is 9.93. The van der Waals surface area contributed by atoms with Crippen LogP contribution in [0, 0.1) is 0 Å². The summed E-state index contributed by atoms with van der Waals surface area (Å²) in [4.78, 5) is 18.3. The molecule has 0 bridgehead atoms. The van der Waals surface area contributed by atoms with E-state index in [9.17, 15) is 4.79 Å². The number of hydrogen-bond acceptors (Lipinski definition) is 2. The fraction of sp³-hybridized carbons (Fsp3) is 0.167. The molecule has 106 valence electrons. The van der Waals surface area contributed by atoms with Gasteiger partial charge in [-0.15, -0.1) is 6.58 Å². The van der Waals surface area contributed by atoms with E-state index in [4.69, 9.17) is 4.84 Å². The highest BCUT2D eigenvalue weighted by molar-refractivity contribution is 5.99. The highest BCUT2D eigenvalue weighted by Gasteiger charge is 2.45. The number of carbonyl (C=O) groups excluding carboxylic acids is 1. The van der Waals surface area contributed by atoms with Crippen molar-refractivity contribution in [1.29, 1.82) is 0 Å². The average Bonchev–Trinajstić information content (AvgIpc) is 2.76. The lowest BCUT2D eigenvalue weighted by molar-refractivity contribution is -0.173.